The number of ether oxygens (including phenoxy) is 3. The zero-order valence-electron chi connectivity index (χ0n) is 22.8. The predicted octanol–water partition coefficient (Wildman–Crippen LogP) is 4.35. The minimum Gasteiger partial charge on any atom is -0.507 e. The third-order valence-corrected chi connectivity index (χ3v) is 6.51. The van der Waals surface area contributed by atoms with Gasteiger partial charge in [0.2, 0.25) is 0 Å². The van der Waals surface area contributed by atoms with Crippen molar-refractivity contribution in [3.63, 3.8) is 0 Å². The Bertz CT molecular complexity index is 1170. The number of phenolic OH excluding ortho intramolecular Hbond substituents is 1. The lowest BCUT2D eigenvalue weighted by Gasteiger charge is -2.28. The molecule has 2 aromatic rings. The number of carbonyl (C=O) groups excluding carboxylic acids is 2. The number of benzene rings is 2. The maximum atomic E-state index is 13.4. The predicted molar refractivity (Wildman–Crippen MR) is 145 cm³/mol. The summed E-state index contributed by atoms with van der Waals surface area (Å²) in [6, 6.07) is 8.78. The molecule has 0 radical (unpaired) electrons. The van der Waals surface area contributed by atoms with Gasteiger partial charge in [0.05, 0.1) is 37.0 Å². The fraction of sp³-hybridized carbons (Fsp3) is 0.448. The van der Waals surface area contributed by atoms with Crippen LogP contribution in [0.15, 0.2) is 42.0 Å². The molecule has 9 nitrogen and oxygen atoms in total. The molecule has 2 aromatic carbocycles. The molecule has 0 aliphatic carbocycles. The van der Waals surface area contributed by atoms with Crippen molar-refractivity contribution in [2.24, 2.45) is 0 Å². The van der Waals surface area contributed by atoms with Gasteiger partial charge in [-0.2, -0.15) is 0 Å². The summed E-state index contributed by atoms with van der Waals surface area (Å²) >= 11 is 0. The summed E-state index contributed by atoms with van der Waals surface area (Å²) in [7, 11) is 0. The van der Waals surface area contributed by atoms with Crippen molar-refractivity contribution in [3.05, 3.63) is 53.1 Å². The zero-order chi connectivity index (χ0) is 27.8. The van der Waals surface area contributed by atoms with Gasteiger partial charge in [-0.15, -0.1) is 0 Å². The highest BCUT2D eigenvalue weighted by atomic mass is 16.5. The number of aliphatic hydroxyl groups excluding tert-OH is 1. The van der Waals surface area contributed by atoms with Crippen LogP contribution in [0.3, 0.4) is 0 Å². The Morgan fingerprint density at radius 1 is 0.895 bits per heavy atom. The second-order valence-electron chi connectivity index (χ2n) is 8.70. The molecule has 0 aromatic heterocycles. The van der Waals surface area contributed by atoms with Gasteiger partial charge in [0, 0.05) is 19.2 Å². The van der Waals surface area contributed by atoms with Crippen LogP contribution in [0.2, 0.25) is 0 Å². The summed E-state index contributed by atoms with van der Waals surface area (Å²) in [6.45, 7) is 13.1. The van der Waals surface area contributed by atoms with Gasteiger partial charge in [0.25, 0.3) is 11.7 Å². The first-order valence-corrected chi connectivity index (χ1v) is 13.2. The minimum absolute atomic E-state index is 0.0483. The average molecular weight is 527 g/mol. The number of Topliss-reactive ketones (excluding diaryl/α,β-unsaturated/α-hetero) is 1. The van der Waals surface area contributed by atoms with E-state index in [4.69, 9.17) is 14.2 Å². The van der Waals surface area contributed by atoms with Gasteiger partial charge < -0.3 is 34.2 Å². The largest absolute Gasteiger partial charge is 0.507 e. The third-order valence-electron chi connectivity index (χ3n) is 6.51. The normalized spacial score (nSPS) is 16.8. The second kappa shape index (κ2) is 13.2. The number of phenols is 1. The topological polar surface area (TPSA) is 109 Å². The van der Waals surface area contributed by atoms with E-state index in [-0.39, 0.29) is 34.9 Å². The van der Waals surface area contributed by atoms with E-state index >= 15 is 0 Å². The van der Waals surface area contributed by atoms with Crippen molar-refractivity contribution in [3.8, 4) is 23.0 Å². The van der Waals surface area contributed by atoms with Crippen LogP contribution < -0.4 is 14.2 Å². The molecule has 0 spiro atoms. The summed E-state index contributed by atoms with van der Waals surface area (Å²) in [4.78, 5) is 30.4. The number of amides is 1. The molecule has 3 rings (SSSR count). The number of rotatable bonds is 13. The van der Waals surface area contributed by atoms with Crippen molar-refractivity contribution >= 4 is 17.4 Å². The minimum atomic E-state index is -0.883. The Balaban J connectivity index is 2.20. The number of aliphatic hydroxyl groups is 1. The molecule has 1 atom stereocenters. The summed E-state index contributed by atoms with van der Waals surface area (Å²) in [5.74, 6) is -0.742. The molecule has 1 aliphatic rings. The first kappa shape index (κ1) is 28.8. The highest BCUT2D eigenvalue weighted by molar-refractivity contribution is 6.46. The standard InChI is InChI=1S/C29H38N2O7/c1-6-30(7-2)15-16-31-26(19-11-14-22(32)24(17-19)38-10-5)25(28(34)29(31)35)27(33)21-13-12-20(36-8-3)18-23(21)37-9-4/h11-14,17-18,26,32-33H,6-10,15-16H2,1-5H3/b27-25+. The molecule has 1 heterocycles. The smallest absolute Gasteiger partial charge is 0.295 e. The molecule has 9 heteroatoms. The summed E-state index contributed by atoms with van der Waals surface area (Å²) in [5, 5.41) is 21.8. The van der Waals surface area contributed by atoms with Crippen LogP contribution in [0, 0.1) is 0 Å². The van der Waals surface area contributed by atoms with E-state index in [2.05, 4.69) is 4.90 Å². The quantitative estimate of drug-likeness (QED) is 0.225. The Kier molecular flexibility index (Phi) is 10.0. The van der Waals surface area contributed by atoms with Crippen molar-refractivity contribution in [1.29, 1.82) is 0 Å². The van der Waals surface area contributed by atoms with Gasteiger partial charge >= 0.3 is 0 Å². The zero-order valence-corrected chi connectivity index (χ0v) is 22.8. The molecule has 1 saturated heterocycles. The average Bonchev–Trinajstić information content (AvgIpc) is 3.16. The summed E-state index contributed by atoms with van der Waals surface area (Å²) < 4.78 is 16.9. The molecule has 1 unspecified atom stereocenters. The maximum Gasteiger partial charge on any atom is 0.295 e. The van der Waals surface area contributed by atoms with Gasteiger partial charge in [-0.05, 0) is 63.7 Å². The molecule has 1 aliphatic heterocycles. The summed E-state index contributed by atoms with van der Waals surface area (Å²) in [5.41, 5.74) is 0.772. The van der Waals surface area contributed by atoms with Crippen LogP contribution in [-0.4, -0.2) is 77.7 Å². The van der Waals surface area contributed by atoms with Crippen LogP contribution in [0.4, 0.5) is 0 Å². The lowest BCUT2D eigenvalue weighted by molar-refractivity contribution is -0.140. The molecular weight excluding hydrogens is 488 g/mol. The maximum absolute atomic E-state index is 13.4. The van der Waals surface area contributed by atoms with E-state index in [1.54, 1.807) is 37.3 Å². The van der Waals surface area contributed by atoms with Crippen molar-refractivity contribution < 1.29 is 34.0 Å². The van der Waals surface area contributed by atoms with Gasteiger partial charge in [-0.3, -0.25) is 9.59 Å². The van der Waals surface area contributed by atoms with Crippen LogP contribution in [0.1, 0.15) is 51.8 Å². The molecule has 2 N–H and O–H groups in total. The highest BCUT2D eigenvalue weighted by Gasteiger charge is 2.46. The summed E-state index contributed by atoms with van der Waals surface area (Å²) in [6.07, 6.45) is 0. The van der Waals surface area contributed by atoms with Crippen LogP contribution in [0.25, 0.3) is 5.76 Å². The molecule has 0 bridgehead atoms. The number of nitrogens with zero attached hydrogens (tertiary/aromatic N) is 2. The highest BCUT2D eigenvalue weighted by Crippen LogP contribution is 2.43. The first-order valence-electron chi connectivity index (χ1n) is 13.2. The van der Waals surface area contributed by atoms with Gasteiger partial charge in [0.15, 0.2) is 11.5 Å². The molecule has 1 amide bonds. The molecular formula is C29H38N2O7. The number of ketones is 1. The van der Waals surface area contributed by atoms with Crippen LogP contribution >= 0.6 is 0 Å². The molecule has 0 saturated carbocycles. The van der Waals surface area contributed by atoms with Gasteiger partial charge in [0.1, 0.15) is 17.3 Å². The SMILES string of the molecule is CCOc1ccc(/C(O)=C2\C(=O)C(=O)N(CCN(CC)CC)C2c2ccc(O)c(OCC)c2)c(OCC)c1. The fourth-order valence-electron chi connectivity index (χ4n) is 4.59. The lowest BCUT2D eigenvalue weighted by atomic mass is 9.94. The molecule has 38 heavy (non-hydrogen) atoms. The van der Waals surface area contributed by atoms with E-state index in [1.807, 2.05) is 27.7 Å². The van der Waals surface area contributed by atoms with Crippen molar-refractivity contribution in [2.45, 2.75) is 40.7 Å². The van der Waals surface area contributed by atoms with Crippen LogP contribution in [-0.2, 0) is 9.59 Å². The number of likely N-dealkylation sites (tertiary alicyclic amines) is 1. The number of hydrogen-bond donors (Lipinski definition) is 2. The van der Waals surface area contributed by atoms with E-state index in [9.17, 15) is 19.8 Å². The van der Waals surface area contributed by atoms with Crippen LogP contribution in [0.5, 0.6) is 23.0 Å². The fourth-order valence-corrected chi connectivity index (χ4v) is 4.59. The number of aromatic hydroxyl groups is 1. The van der Waals surface area contributed by atoms with E-state index in [0.29, 0.717) is 43.4 Å². The van der Waals surface area contributed by atoms with Gasteiger partial charge in [-0.1, -0.05) is 19.9 Å². The number of hydrogen-bond acceptors (Lipinski definition) is 8. The van der Waals surface area contributed by atoms with Gasteiger partial charge in [-0.25, -0.2) is 0 Å². The Morgan fingerprint density at radius 2 is 1.55 bits per heavy atom. The Morgan fingerprint density at radius 3 is 2.18 bits per heavy atom. The van der Waals surface area contributed by atoms with Crippen molar-refractivity contribution in [1.82, 2.24) is 9.80 Å². The monoisotopic (exact) mass is 526 g/mol. The first-order chi connectivity index (χ1) is 18.3. The van der Waals surface area contributed by atoms with Crippen molar-refractivity contribution in [2.75, 3.05) is 46.0 Å². The lowest BCUT2D eigenvalue weighted by Crippen LogP contribution is -2.38. The number of carbonyl (C=O) groups is 2. The Labute approximate surface area is 224 Å². The third kappa shape index (κ3) is 6.05. The number of likely N-dealkylation sites (N-methyl/N-ethyl adjacent to an activating group) is 1. The molecule has 206 valence electrons. The Hall–Kier alpha value is -3.72. The van der Waals surface area contributed by atoms with E-state index in [0.717, 1.165) is 13.1 Å². The molecule has 1 fully saturated rings. The second-order valence-corrected chi connectivity index (χ2v) is 8.70. The van der Waals surface area contributed by atoms with E-state index in [1.165, 1.54) is 11.0 Å². The van der Waals surface area contributed by atoms with E-state index < -0.39 is 17.7 Å².